The van der Waals surface area contributed by atoms with Gasteiger partial charge in [-0.3, -0.25) is 0 Å². The molecule has 0 spiro atoms. The third-order valence-electron chi connectivity index (χ3n) is 3.03. The first-order valence-electron chi connectivity index (χ1n) is 6.49. The zero-order chi connectivity index (χ0) is 13.5. The van der Waals surface area contributed by atoms with Crippen LogP contribution in [0.25, 0.3) is 6.08 Å². The van der Waals surface area contributed by atoms with Crippen LogP contribution in [-0.4, -0.2) is 30.4 Å². The van der Waals surface area contributed by atoms with Crippen molar-refractivity contribution < 1.29 is 19.4 Å². The zero-order valence-electron chi connectivity index (χ0n) is 10.7. The summed E-state index contributed by atoms with van der Waals surface area (Å²) in [5.74, 6) is -0.232. The molecule has 19 heavy (non-hydrogen) atoms. The molecule has 1 saturated carbocycles. The van der Waals surface area contributed by atoms with E-state index in [9.17, 15) is 4.79 Å². The van der Waals surface area contributed by atoms with Gasteiger partial charge in [0, 0.05) is 6.08 Å². The molecule has 0 atom stereocenters. The molecule has 1 aromatic carbocycles. The number of carbonyl (C=O) groups is 1. The van der Waals surface area contributed by atoms with Crippen molar-refractivity contribution in [1.82, 2.24) is 0 Å². The van der Waals surface area contributed by atoms with Gasteiger partial charge in [0.2, 0.25) is 0 Å². The third-order valence-corrected chi connectivity index (χ3v) is 3.03. The molecule has 102 valence electrons. The second kappa shape index (κ2) is 6.95. The topological polar surface area (TPSA) is 55.8 Å². The van der Waals surface area contributed by atoms with E-state index in [4.69, 9.17) is 14.6 Å². The highest BCUT2D eigenvalue weighted by molar-refractivity contribution is 5.85. The van der Waals surface area contributed by atoms with E-state index in [2.05, 4.69) is 0 Å². The summed E-state index contributed by atoms with van der Waals surface area (Å²) < 4.78 is 11.2. The van der Waals surface area contributed by atoms with Crippen molar-refractivity contribution in [2.75, 3.05) is 13.2 Å². The number of aliphatic carboxylic acids is 1. The lowest BCUT2D eigenvalue weighted by atomic mass is 9.96. The molecule has 4 nitrogen and oxygen atoms in total. The van der Waals surface area contributed by atoms with Gasteiger partial charge in [0.25, 0.3) is 0 Å². The Labute approximate surface area is 112 Å². The number of rotatable bonds is 7. The Morgan fingerprint density at radius 2 is 2.21 bits per heavy atom. The van der Waals surface area contributed by atoms with Crippen molar-refractivity contribution >= 4 is 12.0 Å². The molecule has 0 unspecified atom stereocenters. The Kier molecular flexibility index (Phi) is 4.98. The molecule has 1 aliphatic carbocycles. The van der Waals surface area contributed by atoms with Crippen LogP contribution in [0.1, 0.15) is 24.8 Å². The van der Waals surface area contributed by atoms with E-state index in [-0.39, 0.29) is 0 Å². The van der Waals surface area contributed by atoms with Gasteiger partial charge in [0.05, 0.1) is 12.7 Å². The largest absolute Gasteiger partial charge is 0.491 e. The Bertz CT molecular complexity index is 449. The van der Waals surface area contributed by atoms with E-state index in [1.54, 1.807) is 6.08 Å². The Balaban J connectivity index is 1.76. The molecule has 0 aliphatic heterocycles. The first-order chi connectivity index (χ1) is 9.24. The van der Waals surface area contributed by atoms with Gasteiger partial charge in [-0.2, -0.15) is 0 Å². The van der Waals surface area contributed by atoms with Crippen molar-refractivity contribution in [2.24, 2.45) is 0 Å². The fourth-order valence-electron chi connectivity index (χ4n) is 1.79. The quantitative estimate of drug-likeness (QED) is 0.606. The maximum atomic E-state index is 10.4. The third kappa shape index (κ3) is 4.75. The minimum atomic E-state index is -0.958. The van der Waals surface area contributed by atoms with E-state index in [1.807, 2.05) is 24.3 Å². The second-order valence-electron chi connectivity index (χ2n) is 4.52. The minimum absolute atomic E-state index is 0.424. The molecular weight excluding hydrogens is 244 g/mol. The van der Waals surface area contributed by atoms with E-state index < -0.39 is 5.97 Å². The molecule has 1 N–H and O–H groups in total. The fourth-order valence-corrected chi connectivity index (χ4v) is 1.79. The van der Waals surface area contributed by atoms with Gasteiger partial charge in [-0.25, -0.2) is 4.79 Å². The molecule has 4 heteroatoms. The lowest BCUT2D eigenvalue weighted by Crippen LogP contribution is -2.23. The zero-order valence-corrected chi connectivity index (χ0v) is 10.7. The number of ether oxygens (including phenoxy) is 2. The molecule has 0 heterocycles. The van der Waals surface area contributed by atoms with Crippen molar-refractivity contribution in [3.63, 3.8) is 0 Å². The summed E-state index contributed by atoms with van der Waals surface area (Å²) in [7, 11) is 0. The molecule has 0 radical (unpaired) electrons. The van der Waals surface area contributed by atoms with Crippen LogP contribution in [0.5, 0.6) is 5.75 Å². The van der Waals surface area contributed by atoms with Crippen LogP contribution in [0.4, 0.5) is 0 Å². The molecule has 0 amide bonds. The molecule has 0 aromatic heterocycles. The lowest BCUT2D eigenvalue weighted by Gasteiger charge is -2.25. The molecule has 0 saturated heterocycles. The summed E-state index contributed by atoms with van der Waals surface area (Å²) in [6.07, 6.45) is 6.67. The predicted octanol–water partition coefficient (Wildman–Crippen LogP) is 2.73. The molecule has 2 rings (SSSR count). The monoisotopic (exact) mass is 262 g/mol. The molecule has 1 aromatic rings. The second-order valence-corrected chi connectivity index (χ2v) is 4.52. The predicted molar refractivity (Wildman–Crippen MR) is 72.2 cm³/mol. The van der Waals surface area contributed by atoms with Gasteiger partial charge >= 0.3 is 5.97 Å². The Morgan fingerprint density at radius 1 is 1.37 bits per heavy atom. The average Bonchev–Trinajstić information content (AvgIpc) is 2.34. The average molecular weight is 262 g/mol. The number of benzene rings is 1. The first kappa shape index (κ1) is 13.6. The van der Waals surface area contributed by atoms with Crippen LogP contribution >= 0.6 is 0 Å². The van der Waals surface area contributed by atoms with E-state index in [0.717, 1.165) is 30.2 Å². The maximum absolute atomic E-state index is 10.4. The van der Waals surface area contributed by atoms with E-state index in [1.165, 1.54) is 6.42 Å². The SMILES string of the molecule is O=C(O)C=Cc1cccc(OCCOC2CCC2)c1. The fraction of sp³-hybridized carbons (Fsp3) is 0.400. The Hall–Kier alpha value is -1.81. The van der Waals surface area contributed by atoms with Gasteiger partial charge in [-0.1, -0.05) is 12.1 Å². The Morgan fingerprint density at radius 3 is 2.89 bits per heavy atom. The normalized spacial score (nSPS) is 15.4. The molecule has 1 aliphatic rings. The lowest BCUT2D eigenvalue weighted by molar-refractivity contribution is -0.131. The number of hydrogen-bond acceptors (Lipinski definition) is 3. The molecule has 0 bridgehead atoms. The number of carboxylic acid groups (broad SMARTS) is 1. The standard InChI is InChI=1S/C15H18O4/c16-15(17)8-7-12-3-1-6-14(11-12)19-10-9-18-13-4-2-5-13/h1,3,6-8,11,13H,2,4-5,9-10H2,(H,16,17). The van der Waals surface area contributed by atoms with Gasteiger partial charge in [-0.05, 0) is 43.0 Å². The van der Waals surface area contributed by atoms with Crippen molar-refractivity contribution in [2.45, 2.75) is 25.4 Å². The van der Waals surface area contributed by atoms with Crippen LogP contribution in [0.3, 0.4) is 0 Å². The summed E-state index contributed by atoms with van der Waals surface area (Å²) in [6.45, 7) is 1.11. The van der Waals surface area contributed by atoms with Gasteiger partial charge in [0.1, 0.15) is 12.4 Å². The summed E-state index contributed by atoms with van der Waals surface area (Å²) >= 11 is 0. The van der Waals surface area contributed by atoms with E-state index in [0.29, 0.717) is 19.3 Å². The highest BCUT2D eigenvalue weighted by Crippen LogP contribution is 2.21. The van der Waals surface area contributed by atoms with Crippen LogP contribution in [-0.2, 0) is 9.53 Å². The van der Waals surface area contributed by atoms with Crippen molar-refractivity contribution in [3.8, 4) is 5.75 Å². The van der Waals surface area contributed by atoms with Crippen LogP contribution in [0.15, 0.2) is 30.3 Å². The summed E-state index contributed by atoms with van der Waals surface area (Å²) in [5.41, 5.74) is 0.805. The first-order valence-corrected chi connectivity index (χ1v) is 6.49. The minimum Gasteiger partial charge on any atom is -0.491 e. The van der Waals surface area contributed by atoms with Crippen LogP contribution < -0.4 is 4.74 Å². The highest BCUT2D eigenvalue weighted by Gasteiger charge is 2.17. The highest BCUT2D eigenvalue weighted by atomic mass is 16.5. The summed E-state index contributed by atoms with van der Waals surface area (Å²) in [5, 5.41) is 8.56. The van der Waals surface area contributed by atoms with Crippen LogP contribution in [0.2, 0.25) is 0 Å². The number of carboxylic acids is 1. The van der Waals surface area contributed by atoms with Gasteiger partial charge in [0.15, 0.2) is 0 Å². The van der Waals surface area contributed by atoms with E-state index >= 15 is 0 Å². The maximum Gasteiger partial charge on any atom is 0.328 e. The van der Waals surface area contributed by atoms with Gasteiger partial charge in [-0.15, -0.1) is 0 Å². The summed E-state index contributed by atoms with van der Waals surface area (Å²) in [4.78, 5) is 10.4. The summed E-state index contributed by atoms with van der Waals surface area (Å²) in [6, 6.07) is 7.32. The van der Waals surface area contributed by atoms with Crippen molar-refractivity contribution in [3.05, 3.63) is 35.9 Å². The smallest absolute Gasteiger partial charge is 0.328 e. The van der Waals surface area contributed by atoms with Crippen molar-refractivity contribution in [1.29, 1.82) is 0 Å². The molecule has 1 fully saturated rings. The molecular formula is C15H18O4. The van der Waals surface area contributed by atoms with Crippen LogP contribution in [0, 0.1) is 0 Å². The van der Waals surface area contributed by atoms with Gasteiger partial charge < -0.3 is 14.6 Å². The number of hydrogen-bond donors (Lipinski definition) is 1.